The topological polar surface area (TPSA) is 37.4 Å². The van der Waals surface area contributed by atoms with Crippen molar-refractivity contribution in [2.24, 2.45) is 0 Å². The quantitative estimate of drug-likeness (QED) is 0.611. The number of hydrogen-bond acceptors (Lipinski definition) is 2. The van der Waals surface area contributed by atoms with Gasteiger partial charge < -0.3 is 0 Å². The highest BCUT2D eigenvalue weighted by atomic mass is 16.2. The molecular formula is C13H11NO2. The minimum absolute atomic E-state index is 0.130. The molecule has 0 N–H and O–H groups in total. The first kappa shape index (κ1) is 9.33. The molecule has 0 saturated heterocycles. The summed E-state index contributed by atoms with van der Waals surface area (Å²) in [4.78, 5) is 25.0. The van der Waals surface area contributed by atoms with E-state index in [1.165, 1.54) is 4.90 Å². The maximum Gasteiger partial charge on any atom is 0.261 e. The van der Waals surface area contributed by atoms with Crippen molar-refractivity contribution in [2.45, 2.75) is 12.8 Å². The summed E-state index contributed by atoms with van der Waals surface area (Å²) in [5.74, 6) is -0.290. The number of amides is 2. The van der Waals surface area contributed by atoms with E-state index < -0.39 is 0 Å². The van der Waals surface area contributed by atoms with E-state index in [-0.39, 0.29) is 11.8 Å². The fraction of sp³-hybridized carbons (Fsp3) is 0.231. The van der Waals surface area contributed by atoms with E-state index in [4.69, 9.17) is 0 Å². The molecule has 3 heteroatoms. The molecule has 0 unspecified atom stereocenters. The van der Waals surface area contributed by atoms with Crippen molar-refractivity contribution in [1.82, 2.24) is 4.90 Å². The van der Waals surface area contributed by atoms with Crippen molar-refractivity contribution in [1.29, 1.82) is 0 Å². The van der Waals surface area contributed by atoms with Crippen LogP contribution in [-0.2, 0) is 16.0 Å². The lowest BCUT2D eigenvalue weighted by Gasteiger charge is -2.15. The van der Waals surface area contributed by atoms with Gasteiger partial charge in [-0.3, -0.25) is 14.5 Å². The molecule has 16 heavy (non-hydrogen) atoms. The monoisotopic (exact) mass is 213 g/mol. The Morgan fingerprint density at radius 3 is 2.62 bits per heavy atom. The molecule has 2 aliphatic rings. The van der Waals surface area contributed by atoms with Gasteiger partial charge in [0.05, 0.1) is 5.57 Å². The van der Waals surface area contributed by atoms with Crippen molar-refractivity contribution in [3.05, 3.63) is 41.0 Å². The van der Waals surface area contributed by atoms with E-state index in [0.29, 0.717) is 17.6 Å². The molecule has 0 aromatic heterocycles. The van der Waals surface area contributed by atoms with Crippen molar-refractivity contribution < 1.29 is 9.59 Å². The minimum Gasteiger partial charge on any atom is -0.278 e. The molecule has 1 aliphatic carbocycles. The van der Waals surface area contributed by atoms with Gasteiger partial charge in [0.2, 0.25) is 0 Å². The van der Waals surface area contributed by atoms with Crippen LogP contribution in [0.5, 0.6) is 0 Å². The predicted molar refractivity (Wildman–Crippen MR) is 59.5 cm³/mol. The first-order chi connectivity index (χ1) is 7.70. The van der Waals surface area contributed by atoms with E-state index in [1.807, 2.05) is 24.3 Å². The first-order valence-electron chi connectivity index (χ1n) is 5.34. The third-order valence-electron chi connectivity index (χ3n) is 3.31. The fourth-order valence-electron chi connectivity index (χ4n) is 2.45. The Kier molecular flexibility index (Phi) is 1.78. The lowest BCUT2D eigenvalue weighted by molar-refractivity contribution is -0.135. The molecule has 3 rings (SSSR count). The number of nitrogens with zero attached hydrogens (tertiary/aromatic N) is 1. The van der Waals surface area contributed by atoms with Crippen molar-refractivity contribution in [3.8, 4) is 0 Å². The summed E-state index contributed by atoms with van der Waals surface area (Å²) in [6.45, 7) is 0. The van der Waals surface area contributed by atoms with Gasteiger partial charge in [-0.1, -0.05) is 24.3 Å². The van der Waals surface area contributed by atoms with Gasteiger partial charge in [-0.25, -0.2) is 0 Å². The summed E-state index contributed by atoms with van der Waals surface area (Å²) in [5.41, 5.74) is 3.41. The van der Waals surface area contributed by atoms with Crippen LogP contribution < -0.4 is 0 Å². The number of carbonyl (C=O) groups is 2. The molecule has 1 aliphatic heterocycles. The Labute approximate surface area is 93.4 Å². The Hall–Kier alpha value is -1.90. The van der Waals surface area contributed by atoms with Crippen LogP contribution in [0.4, 0.5) is 0 Å². The molecule has 0 radical (unpaired) electrons. The molecule has 1 heterocycles. The summed E-state index contributed by atoms with van der Waals surface area (Å²) in [6, 6.07) is 7.82. The fourth-order valence-corrected chi connectivity index (χ4v) is 2.45. The number of hydrogen-bond donors (Lipinski definition) is 0. The number of imide groups is 1. The molecule has 3 nitrogen and oxygen atoms in total. The third kappa shape index (κ3) is 1.03. The molecule has 0 fully saturated rings. The Morgan fingerprint density at radius 1 is 1.06 bits per heavy atom. The normalized spacial score (nSPS) is 18.9. The average molecular weight is 213 g/mol. The second-order valence-electron chi connectivity index (χ2n) is 4.18. The van der Waals surface area contributed by atoms with Crippen LogP contribution in [0.1, 0.15) is 17.5 Å². The molecular weight excluding hydrogens is 202 g/mol. The number of aryl methyl sites for hydroxylation is 1. The summed E-state index contributed by atoms with van der Waals surface area (Å²) >= 11 is 0. The first-order valence-corrected chi connectivity index (χ1v) is 5.34. The van der Waals surface area contributed by atoms with Crippen LogP contribution in [0.15, 0.2) is 29.8 Å². The van der Waals surface area contributed by atoms with Crippen LogP contribution in [0.25, 0.3) is 5.57 Å². The van der Waals surface area contributed by atoms with Crippen LogP contribution in [0, 0.1) is 0 Å². The van der Waals surface area contributed by atoms with Crippen molar-refractivity contribution in [2.75, 3.05) is 7.05 Å². The van der Waals surface area contributed by atoms with E-state index in [1.54, 1.807) is 7.05 Å². The standard InChI is InChI=1S/C13H11NO2/c1-14-12(15)10-7-6-8-4-2-3-5-9(8)11(10)13(14)16/h2-5H,6-7H2,1H3. The van der Waals surface area contributed by atoms with E-state index in [9.17, 15) is 9.59 Å². The highest BCUT2D eigenvalue weighted by Gasteiger charge is 2.38. The second-order valence-corrected chi connectivity index (χ2v) is 4.18. The van der Waals surface area contributed by atoms with Gasteiger partial charge in [-0.15, -0.1) is 0 Å². The smallest absolute Gasteiger partial charge is 0.261 e. The van der Waals surface area contributed by atoms with E-state index in [0.717, 1.165) is 17.5 Å². The maximum absolute atomic E-state index is 12.0. The Balaban J connectivity index is 2.25. The lowest BCUT2D eigenvalue weighted by Crippen LogP contribution is -2.26. The minimum atomic E-state index is -0.160. The molecule has 80 valence electrons. The number of likely N-dealkylation sites (N-methyl/N-ethyl adjacent to an activating group) is 1. The van der Waals surface area contributed by atoms with E-state index in [2.05, 4.69) is 0 Å². The highest BCUT2D eigenvalue weighted by molar-refractivity contribution is 6.36. The molecule has 2 amide bonds. The lowest BCUT2D eigenvalue weighted by atomic mass is 9.87. The van der Waals surface area contributed by atoms with Crippen LogP contribution in [0.2, 0.25) is 0 Å². The molecule has 1 aromatic rings. The number of carbonyl (C=O) groups excluding carboxylic acids is 2. The SMILES string of the molecule is CN1C(=O)C2=C(C1=O)c1ccccc1CC2. The van der Waals surface area contributed by atoms with Gasteiger partial charge in [0, 0.05) is 12.6 Å². The largest absolute Gasteiger partial charge is 0.278 e. The highest BCUT2D eigenvalue weighted by Crippen LogP contribution is 2.37. The van der Waals surface area contributed by atoms with Crippen LogP contribution >= 0.6 is 0 Å². The van der Waals surface area contributed by atoms with Gasteiger partial charge >= 0.3 is 0 Å². The zero-order valence-electron chi connectivity index (χ0n) is 8.99. The number of fused-ring (bicyclic) bond motifs is 2. The maximum atomic E-state index is 12.0. The summed E-state index contributed by atoms with van der Waals surface area (Å²) < 4.78 is 0. The average Bonchev–Trinajstić information content (AvgIpc) is 2.55. The number of benzene rings is 1. The van der Waals surface area contributed by atoms with Gasteiger partial charge in [-0.05, 0) is 24.0 Å². The molecule has 0 saturated carbocycles. The van der Waals surface area contributed by atoms with E-state index >= 15 is 0 Å². The molecule has 0 spiro atoms. The predicted octanol–water partition coefficient (Wildman–Crippen LogP) is 1.39. The number of rotatable bonds is 0. The molecule has 1 aromatic carbocycles. The summed E-state index contributed by atoms with van der Waals surface area (Å²) in [7, 11) is 1.55. The second kappa shape index (κ2) is 3.04. The Bertz CT molecular complexity index is 543. The third-order valence-corrected chi connectivity index (χ3v) is 3.31. The van der Waals surface area contributed by atoms with Crippen LogP contribution in [0.3, 0.4) is 0 Å². The summed E-state index contributed by atoms with van der Waals surface area (Å²) in [5, 5.41) is 0. The van der Waals surface area contributed by atoms with Gasteiger partial charge in [0.25, 0.3) is 11.8 Å². The zero-order valence-corrected chi connectivity index (χ0v) is 8.99. The molecule has 0 bridgehead atoms. The van der Waals surface area contributed by atoms with Gasteiger partial charge in [0.15, 0.2) is 0 Å². The molecule has 0 atom stereocenters. The summed E-state index contributed by atoms with van der Waals surface area (Å²) in [6.07, 6.45) is 1.53. The van der Waals surface area contributed by atoms with Crippen LogP contribution in [-0.4, -0.2) is 23.8 Å². The van der Waals surface area contributed by atoms with Crippen molar-refractivity contribution >= 4 is 17.4 Å². The Morgan fingerprint density at radius 2 is 1.81 bits per heavy atom. The zero-order chi connectivity index (χ0) is 11.3. The van der Waals surface area contributed by atoms with Gasteiger partial charge in [-0.2, -0.15) is 0 Å². The van der Waals surface area contributed by atoms with Crippen molar-refractivity contribution in [3.63, 3.8) is 0 Å². The van der Waals surface area contributed by atoms with Gasteiger partial charge in [0.1, 0.15) is 0 Å².